The van der Waals surface area contributed by atoms with Gasteiger partial charge in [-0.3, -0.25) is 4.79 Å². The van der Waals surface area contributed by atoms with Gasteiger partial charge in [0.25, 0.3) is 5.91 Å². The van der Waals surface area contributed by atoms with Crippen LogP contribution in [0.3, 0.4) is 0 Å². The first kappa shape index (κ1) is 18.8. The average Bonchev–Trinajstić information content (AvgIpc) is 2.90. The molecule has 0 aliphatic carbocycles. The molecule has 0 saturated carbocycles. The number of benzene rings is 1. The maximum Gasteiger partial charge on any atom is 0.254 e. The number of carbonyl (C=O) groups is 1. The molecule has 2 heterocycles. The second-order valence-electron chi connectivity index (χ2n) is 6.10. The average molecular weight is 369 g/mol. The monoisotopic (exact) mass is 368 g/mol. The van der Waals surface area contributed by atoms with Gasteiger partial charge in [0.05, 0.1) is 16.9 Å². The molecule has 1 aromatic heterocycles. The molecule has 1 saturated heterocycles. The molecule has 2 unspecified atom stereocenters. The Morgan fingerprint density at radius 1 is 1.38 bits per heavy atom. The van der Waals surface area contributed by atoms with Gasteiger partial charge in [-0.05, 0) is 57.5 Å². The molecule has 1 aromatic carbocycles. The van der Waals surface area contributed by atoms with Crippen LogP contribution in [0.25, 0.3) is 5.69 Å². The topological polar surface area (TPSA) is 59.0 Å². The minimum atomic E-state index is -0.0539. The normalized spacial score (nSPS) is 20.3. The van der Waals surface area contributed by atoms with Gasteiger partial charge < -0.3 is 10.6 Å². The third-order valence-electron chi connectivity index (χ3n) is 4.19. The molecule has 24 heavy (non-hydrogen) atoms. The predicted molar refractivity (Wildman–Crippen MR) is 98.5 cm³/mol. The summed E-state index contributed by atoms with van der Waals surface area (Å²) in [6.45, 7) is 4.93. The Labute approximate surface area is 153 Å². The van der Waals surface area contributed by atoms with Crippen molar-refractivity contribution >= 4 is 29.9 Å². The number of aryl methyl sites for hydroxylation is 1. The molecule has 130 valence electrons. The summed E-state index contributed by atoms with van der Waals surface area (Å²) >= 11 is 5.91. The number of aromatic nitrogens is 2. The van der Waals surface area contributed by atoms with Gasteiger partial charge in [-0.1, -0.05) is 11.6 Å². The highest BCUT2D eigenvalue weighted by atomic mass is 35.5. The standard InChI is InChI=1S/C17H21ClN4O.ClH/c1-11-9-14(7-8-19-11)20-17(23)16-10-22(21-12(16)2)15-5-3-13(18)4-6-15;/h3-6,10-11,14,19H,7-9H2,1-2H3,(H,20,23);1H. The molecule has 2 atom stereocenters. The third kappa shape index (κ3) is 4.29. The minimum absolute atomic E-state index is 0. The van der Waals surface area contributed by atoms with E-state index in [1.165, 1.54) is 0 Å². The summed E-state index contributed by atoms with van der Waals surface area (Å²) in [5.41, 5.74) is 2.22. The van der Waals surface area contributed by atoms with Gasteiger partial charge in [0, 0.05) is 23.3 Å². The third-order valence-corrected chi connectivity index (χ3v) is 4.45. The van der Waals surface area contributed by atoms with Crippen LogP contribution in [-0.4, -0.2) is 34.3 Å². The summed E-state index contributed by atoms with van der Waals surface area (Å²) in [5, 5.41) is 11.6. The number of nitrogens with one attached hydrogen (secondary N) is 2. The molecule has 1 fully saturated rings. The summed E-state index contributed by atoms with van der Waals surface area (Å²) in [5.74, 6) is -0.0539. The molecule has 2 N–H and O–H groups in total. The van der Waals surface area contributed by atoms with Gasteiger partial charge >= 0.3 is 0 Å². The van der Waals surface area contributed by atoms with Crippen LogP contribution in [0, 0.1) is 6.92 Å². The van der Waals surface area contributed by atoms with Gasteiger partial charge in [-0.2, -0.15) is 5.10 Å². The fourth-order valence-corrected chi connectivity index (χ4v) is 3.06. The Hall–Kier alpha value is -1.56. The van der Waals surface area contributed by atoms with E-state index < -0.39 is 0 Å². The second-order valence-corrected chi connectivity index (χ2v) is 6.54. The van der Waals surface area contributed by atoms with Crippen molar-refractivity contribution in [3.8, 4) is 5.69 Å². The van der Waals surface area contributed by atoms with Gasteiger partial charge in [-0.15, -0.1) is 12.4 Å². The van der Waals surface area contributed by atoms with Crippen molar-refractivity contribution in [2.24, 2.45) is 0 Å². The van der Waals surface area contributed by atoms with Gasteiger partial charge in [0.1, 0.15) is 0 Å². The van der Waals surface area contributed by atoms with Crippen LogP contribution >= 0.6 is 24.0 Å². The number of hydrogen-bond donors (Lipinski definition) is 2. The smallest absolute Gasteiger partial charge is 0.254 e. The van der Waals surface area contributed by atoms with Crippen molar-refractivity contribution in [1.82, 2.24) is 20.4 Å². The Bertz CT molecular complexity index is 699. The Balaban J connectivity index is 0.00000208. The molecule has 5 nitrogen and oxygen atoms in total. The van der Waals surface area contributed by atoms with Crippen LogP contribution in [0.2, 0.25) is 5.02 Å². The molecule has 1 aliphatic rings. The molecule has 3 rings (SSSR count). The lowest BCUT2D eigenvalue weighted by molar-refractivity contribution is 0.0925. The predicted octanol–water partition coefficient (Wildman–Crippen LogP) is 3.13. The van der Waals surface area contributed by atoms with Crippen LogP contribution < -0.4 is 10.6 Å². The van der Waals surface area contributed by atoms with E-state index in [4.69, 9.17) is 11.6 Å². The fraction of sp³-hybridized carbons (Fsp3) is 0.412. The van der Waals surface area contributed by atoms with Crippen LogP contribution in [0.5, 0.6) is 0 Å². The maximum absolute atomic E-state index is 12.5. The van der Waals surface area contributed by atoms with Gasteiger partial charge in [-0.25, -0.2) is 4.68 Å². The van der Waals surface area contributed by atoms with Gasteiger partial charge in [0.2, 0.25) is 0 Å². The van der Waals surface area contributed by atoms with E-state index in [0.717, 1.165) is 30.8 Å². The van der Waals surface area contributed by atoms with E-state index in [9.17, 15) is 4.79 Å². The van der Waals surface area contributed by atoms with E-state index >= 15 is 0 Å². The van der Waals surface area contributed by atoms with Crippen molar-refractivity contribution < 1.29 is 4.79 Å². The van der Waals surface area contributed by atoms with E-state index in [1.54, 1.807) is 10.9 Å². The molecule has 0 spiro atoms. The van der Waals surface area contributed by atoms with Crippen LogP contribution in [0.4, 0.5) is 0 Å². The highest BCUT2D eigenvalue weighted by Gasteiger charge is 2.22. The number of rotatable bonds is 3. The lowest BCUT2D eigenvalue weighted by atomic mass is 10.0. The largest absolute Gasteiger partial charge is 0.349 e. The molecular formula is C17H22Cl2N4O. The fourth-order valence-electron chi connectivity index (χ4n) is 2.94. The number of hydrogen-bond acceptors (Lipinski definition) is 3. The van der Waals surface area contributed by atoms with Crippen LogP contribution in [0.1, 0.15) is 35.8 Å². The number of amides is 1. The second kappa shape index (κ2) is 8.01. The summed E-state index contributed by atoms with van der Waals surface area (Å²) < 4.78 is 1.71. The number of halogens is 2. The summed E-state index contributed by atoms with van der Waals surface area (Å²) in [6.07, 6.45) is 3.69. The maximum atomic E-state index is 12.5. The molecule has 0 radical (unpaired) electrons. The molecule has 2 aromatic rings. The Kier molecular flexibility index (Phi) is 6.27. The lowest BCUT2D eigenvalue weighted by Gasteiger charge is -2.28. The van der Waals surface area contributed by atoms with Crippen molar-refractivity contribution in [2.75, 3.05) is 6.54 Å². The molecule has 0 bridgehead atoms. The first-order valence-corrected chi connectivity index (χ1v) is 8.27. The first-order valence-electron chi connectivity index (χ1n) is 7.89. The molecule has 1 amide bonds. The van der Waals surface area contributed by atoms with E-state index in [2.05, 4.69) is 22.7 Å². The Morgan fingerprint density at radius 2 is 2.08 bits per heavy atom. The highest BCUT2D eigenvalue weighted by Crippen LogP contribution is 2.16. The zero-order valence-corrected chi connectivity index (χ0v) is 15.3. The highest BCUT2D eigenvalue weighted by molar-refractivity contribution is 6.30. The Morgan fingerprint density at radius 3 is 2.75 bits per heavy atom. The zero-order chi connectivity index (χ0) is 16.4. The quantitative estimate of drug-likeness (QED) is 0.874. The number of piperidine rings is 1. The van der Waals surface area contributed by atoms with Crippen molar-refractivity contribution in [1.29, 1.82) is 0 Å². The van der Waals surface area contributed by atoms with Crippen molar-refractivity contribution in [2.45, 2.75) is 38.8 Å². The van der Waals surface area contributed by atoms with Crippen LogP contribution in [0.15, 0.2) is 30.5 Å². The van der Waals surface area contributed by atoms with Crippen LogP contribution in [-0.2, 0) is 0 Å². The zero-order valence-electron chi connectivity index (χ0n) is 13.8. The lowest BCUT2D eigenvalue weighted by Crippen LogP contribution is -2.46. The minimum Gasteiger partial charge on any atom is -0.349 e. The van der Waals surface area contributed by atoms with E-state index in [0.29, 0.717) is 16.6 Å². The van der Waals surface area contributed by atoms with E-state index in [-0.39, 0.29) is 24.4 Å². The molecule has 7 heteroatoms. The van der Waals surface area contributed by atoms with Crippen molar-refractivity contribution in [3.63, 3.8) is 0 Å². The summed E-state index contributed by atoms with van der Waals surface area (Å²) in [6, 6.07) is 8.04. The molecule has 1 aliphatic heterocycles. The summed E-state index contributed by atoms with van der Waals surface area (Å²) in [7, 11) is 0. The van der Waals surface area contributed by atoms with E-state index in [1.807, 2.05) is 31.2 Å². The number of carbonyl (C=O) groups excluding carboxylic acids is 1. The summed E-state index contributed by atoms with van der Waals surface area (Å²) in [4.78, 5) is 12.5. The first-order chi connectivity index (χ1) is 11.0. The van der Waals surface area contributed by atoms with Gasteiger partial charge in [0.15, 0.2) is 0 Å². The number of nitrogens with zero attached hydrogens (tertiary/aromatic N) is 2. The SMILES string of the molecule is Cc1nn(-c2ccc(Cl)cc2)cc1C(=O)NC1CCNC(C)C1.Cl. The van der Waals surface area contributed by atoms with Crippen molar-refractivity contribution in [3.05, 3.63) is 46.7 Å². The molecular weight excluding hydrogens is 347 g/mol.